The minimum atomic E-state index is -0.144. The maximum Gasteiger partial charge on any atom is 0.252 e. The summed E-state index contributed by atoms with van der Waals surface area (Å²) in [6.07, 6.45) is 0.694. The number of aryl methyl sites for hydroxylation is 1. The molecule has 1 heterocycles. The Kier molecular flexibility index (Phi) is 4.18. The topological polar surface area (TPSA) is 67.0 Å². The van der Waals surface area contributed by atoms with E-state index >= 15 is 0 Å². The van der Waals surface area contributed by atoms with Crippen molar-refractivity contribution in [2.75, 3.05) is 12.4 Å². The molecule has 5 nitrogen and oxygen atoms in total. The Balaban J connectivity index is 2.14. The van der Waals surface area contributed by atoms with E-state index in [1.807, 2.05) is 31.2 Å². The second-order valence-electron chi connectivity index (χ2n) is 4.10. The van der Waals surface area contributed by atoms with Gasteiger partial charge in [0.05, 0.1) is 7.11 Å². The van der Waals surface area contributed by atoms with Crippen LogP contribution in [0.15, 0.2) is 35.1 Å². The average molecular weight is 259 g/mol. The second-order valence-corrected chi connectivity index (χ2v) is 4.10. The van der Waals surface area contributed by atoms with Crippen molar-refractivity contribution >= 4 is 5.82 Å². The fourth-order valence-corrected chi connectivity index (χ4v) is 1.80. The minimum absolute atomic E-state index is 0.144. The Morgan fingerprint density at radius 2 is 2.16 bits per heavy atom. The second kappa shape index (κ2) is 6.04. The van der Waals surface area contributed by atoms with Crippen LogP contribution in [0, 0.1) is 0 Å². The van der Waals surface area contributed by atoms with Gasteiger partial charge in [0, 0.05) is 24.6 Å². The molecule has 0 aliphatic carbocycles. The van der Waals surface area contributed by atoms with Gasteiger partial charge in [0.25, 0.3) is 5.56 Å². The molecule has 0 amide bonds. The highest BCUT2D eigenvalue weighted by molar-refractivity contribution is 5.39. The molecule has 0 spiro atoms. The van der Waals surface area contributed by atoms with E-state index in [0.717, 1.165) is 11.3 Å². The number of H-pyrrole nitrogens is 1. The Morgan fingerprint density at radius 3 is 2.89 bits per heavy atom. The molecule has 100 valence electrons. The van der Waals surface area contributed by atoms with Gasteiger partial charge in [0.1, 0.15) is 17.4 Å². The summed E-state index contributed by atoms with van der Waals surface area (Å²) in [5.41, 5.74) is 0.875. The number of methoxy groups -OCH3 is 1. The largest absolute Gasteiger partial charge is 0.496 e. The van der Waals surface area contributed by atoms with Crippen molar-refractivity contribution in [1.29, 1.82) is 0 Å². The number of nitrogens with zero attached hydrogens (tertiary/aromatic N) is 1. The lowest BCUT2D eigenvalue weighted by Crippen LogP contribution is -2.13. The van der Waals surface area contributed by atoms with Gasteiger partial charge >= 0.3 is 0 Å². The number of anilines is 1. The maximum absolute atomic E-state index is 11.4. The summed E-state index contributed by atoms with van der Waals surface area (Å²) in [5.74, 6) is 2.07. The van der Waals surface area contributed by atoms with Crippen LogP contribution in [0.1, 0.15) is 18.3 Å². The van der Waals surface area contributed by atoms with E-state index < -0.39 is 0 Å². The van der Waals surface area contributed by atoms with Crippen molar-refractivity contribution in [1.82, 2.24) is 9.97 Å². The Hall–Kier alpha value is -2.30. The molecule has 2 aromatic rings. The molecule has 0 fully saturated rings. The average Bonchev–Trinajstić information content (AvgIpc) is 2.44. The first-order valence-corrected chi connectivity index (χ1v) is 6.19. The van der Waals surface area contributed by atoms with Crippen LogP contribution in [0.25, 0.3) is 0 Å². The highest BCUT2D eigenvalue weighted by Gasteiger charge is 2.03. The van der Waals surface area contributed by atoms with E-state index in [2.05, 4.69) is 15.3 Å². The van der Waals surface area contributed by atoms with Gasteiger partial charge in [-0.1, -0.05) is 25.1 Å². The van der Waals surface area contributed by atoms with E-state index in [1.165, 1.54) is 6.07 Å². The summed E-state index contributed by atoms with van der Waals surface area (Å²) in [6.45, 7) is 2.51. The van der Waals surface area contributed by atoms with Gasteiger partial charge in [0.15, 0.2) is 0 Å². The Morgan fingerprint density at radius 1 is 1.37 bits per heavy atom. The monoisotopic (exact) mass is 259 g/mol. The molecule has 1 aromatic heterocycles. The smallest absolute Gasteiger partial charge is 0.252 e. The predicted molar refractivity (Wildman–Crippen MR) is 74.6 cm³/mol. The van der Waals surface area contributed by atoms with Crippen molar-refractivity contribution < 1.29 is 4.74 Å². The van der Waals surface area contributed by atoms with Crippen LogP contribution in [0.3, 0.4) is 0 Å². The normalized spacial score (nSPS) is 10.2. The molecule has 0 saturated heterocycles. The van der Waals surface area contributed by atoms with Gasteiger partial charge in [-0.15, -0.1) is 0 Å². The van der Waals surface area contributed by atoms with E-state index in [0.29, 0.717) is 24.6 Å². The van der Waals surface area contributed by atoms with Crippen LogP contribution < -0.4 is 15.6 Å². The maximum atomic E-state index is 11.4. The number of ether oxygens (including phenoxy) is 1. The number of aromatic nitrogens is 2. The van der Waals surface area contributed by atoms with E-state index in [-0.39, 0.29) is 5.56 Å². The molecule has 2 rings (SSSR count). The van der Waals surface area contributed by atoms with Crippen molar-refractivity contribution in [3.8, 4) is 5.75 Å². The summed E-state index contributed by atoms with van der Waals surface area (Å²) < 4.78 is 5.27. The highest BCUT2D eigenvalue weighted by atomic mass is 16.5. The lowest BCUT2D eigenvalue weighted by atomic mass is 10.2. The van der Waals surface area contributed by atoms with Crippen molar-refractivity contribution in [2.24, 2.45) is 0 Å². The number of nitrogens with one attached hydrogen (secondary N) is 2. The molecular weight excluding hydrogens is 242 g/mol. The van der Waals surface area contributed by atoms with Crippen LogP contribution >= 0.6 is 0 Å². The molecule has 0 atom stereocenters. The van der Waals surface area contributed by atoms with Crippen molar-refractivity contribution in [3.63, 3.8) is 0 Å². The number of hydrogen-bond donors (Lipinski definition) is 2. The quantitative estimate of drug-likeness (QED) is 0.861. The minimum Gasteiger partial charge on any atom is -0.496 e. The molecule has 0 unspecified atom stereocenters. The van der Waals surface area contributed by atoms with E-state index in [9.17, 15) is 4.79 Å². The first kappa shape index (κ1) is 13.1. The zero-order valence-electron chi connectivity index (χ0n) is 11.1. The number of hydrogen-bond acceptors (Lipinski definition) is 4. The molecule has 19 heavy (non-hydrogen) atoms. The number of aromatic amines is 1. The molecule has 1 aromatic carbocycles. The van der Waals surface area contributed by atoms with Crippen LogP contribution in [-0.4, -0.2) is 17.1 Å². The zero-order valence-corrected chi connectivity index (χ0v) is 11.1. The summed E-state index contributed by atoms with van der Waals surface area (Å²) >= 11 is 0. The number of para-hydroxylation sites is 1. The fourth-order valence-electron chi connectivity index (χ4n) is 1.80. The molecule has 0 aliphatic rings. The van der Waals surface area contributed by atoms with E-state index in [1.54, 1.807) is 7.11 Å². The highest BCUT2D eigenvalue weighted by Crippen LogP contribution is 2.18. The number of benzene rings is 1. The molecule has 0 saturated carbocycles. The third-order valence-electron chi connectivity index (χ3n) is 2.78. The zero-order chi connectivity index (χ0) is 13.7. The molecule has 0 bridgehead atoms. The van der Waals surface area contributed by atoms with Gasteiger partial charge in [-0.2, -0.15) is 0 Å². The Labute approximate surface area is 111 Å². The third kappa shape index (κ3) is 3.34. The van der Waals surface area contributed by atoms with Gasteiger partial charge in [-0.3, -0.25) is 4.79 Å². The van der Waals surface area contributed by atoms with Crippen molar-refractivity contribution in [3.05, 3.63) is 52.1 Å². The standard InChI is InChI=1S/C14H17N3O2/c1-3-12-16-13(8-14(18)17-12)15-9-10-6-4-5-7-11(10)19-2/h4-8H,3,9H2,1-2H3,(H2,15,16,17,18). The third-order valence-corrected chi connectivity index (χ3v) is 2.78. The SMILES string of the molecule is CCc1nc(NCc2ccccc2OC)cc(=O)[nH]1. The van der Waals surface area contributed by atoms with Gasteiger partial charge < -0.3 is 15.0 Å². The lowest BCUT2D eigenvalue weighted by molar-refractivity contribution is 0.410. The van der Waals surface area contributed by atoms with Crippen molar-refractivity contribution in [2.45, 2.75) is 19.9 Å². The van der Waals surface area contributed by atoms with Gasteiger partial charge in [-0.25, -0.2) is 4.98 Å². The predicted octanol–water partition coefficient (Wildman–Crippen LogP) is 1.95. The molecule has 0 radical (unpaired) electrons. The van der Waals surface area contributed by atoms with E-state index in [4.69, 9.17) is 4.74 Å². The fraction of sp³-hybridized carbons (Fsp3) is 0.286. The first-order chi connectivity index (χ1) is 9.22. The van der Waals surface area contributed by atoms with Crippen LogP contribution in [-0.2, 0) is 13.0 Å². The van der Waals surface area contributed by atoms with Crippen LogP contribution in [0.2, 0.25) is 0 Å². The summed E-state index contributed by atoms with van der Waals surface area (Å²) in [4.78, 5) is 18.4. The van der Waals surface area contributed by atoms with Gasteiger partial charge in [0.2, 0.25) is 0 Å². The molecular formula is C14H17N3O2. The summed E-state index contributed by atoms with van der Waals surface area (Å²) in [5, 5.41) is 3.14. The lowest BCUT2D eigenvalue weighted by Gasteiger charge is -2.10. The summed E-state index contributed by atoms with van der Waals surface area (Å²) in [7, 11) is 1.64. The summed E-state index contributed by atoms with van der Waals surface area (Å²) in [6, 6.07) is 9.19. The number of rotatable bonds is 5. The molecule has 0 aliphatic heterocycles. The van der Waals surface area contributed by atoms with Crippen LogP contribution in [0.5, 0.6) is 5.75 Å². The van der Waals surface area contributed by atoms with Gasteiger partial charge in [-0.05, 0) is 6.07 Å². The van der Waals surface area contributed by atoms with Crippen LogP contribution in [0.4, 0.5) is 5.82 Å². The first-order valence-electron chi connectivity index (χ1n) is 6.19. The molecule has 2 N–H and O–H groups in total. The Bertz CT molecular complexity index is 608. The molecule has 5 heteroatoms.